The van der Waals surface area contributed by atoms with Crippen molar-refractivity contribution < 1.29 is 9.53 Å². The lowest BCUT2D eigenvalue weighted by molar-refractivity contribution is 0.0303. The van der Waals surface area contributed by atoms with Gasteiger partial charge >= 0.3 is 0 Å². The van der Waals surface area contributed by atoms with Crippen LogP contribution >= 0.6 is 0 Å². The van der Waals surface area contributed by atoms with E-state index in [1.165, 1.54) is 0 Å². The fourth-order valence-corrected chi connectivity index (χ4v) is 2.27. The molecule has 1 aliphatic rings. The smallest absolute Gasteiger partial charge is 0.254 e. The minimum absolute atomic E-state index is 0.0703. The molecule has 0 N–H and O–H groups in total. The number of ether oxygens (including phenoxy) is 1. The van der Waals surface area contributed by atoms with Gasteiger partial charge in [-0.05, 0) is 24.3 Å². The minimum Gasteiger partial charge on any atom is -0.378 e. The van der Waals surface area contributed by atoms with Crippen LogP contribution in [0.15, 0.2) is 48.7 Å². The van der Waals surface area contributed by atoms with Crippen molar-refractivity contribution >= 4 is 5.91 Å². The van der Waals surface area contributed by atoms with E-state index in [1.54, 1.807) is 6.20 Å². The number of rotatable bonds is 2. The van der Waals surface area contributed by atoms with Crippen LogP contribution in [0.5, 0.6) is 0 Å². The zero-order chi connectivity index (χ0) is 13.8. The van der Waals surface area contributed by atoms with E-state index in [2.05, 4.69) is 4.98 Å². The van der Waals surface area contributed by atoms with Crippen molar-refractivity contribution in [2.45, 2.75) is 0 Å². The molecule has 0 bridgehead atoms. The number of hydrogen-bond acceptors (Lipinski definition) is 3. The Morgan fingerprint density at radius 2 is 1.80 bits per heavy atom. The van der Waals surface area contributed by atoms with Crippen molar-refractivity contribution in [2.75, 3.05) is 26.3 Å². The third-order valence-corrected chi connectivity index (χ3v) is 3.39. The Labute approximate surface area is 118 Å². The van der Waals surface area contributed by atoms with Crippen molar-refractivity contribution in [3.63, 3.8) is 0 Å². The third-order valence-electron chi connectivity index (χ3n) is 3.39. The fraction of sp³-hybridized carbons (Fsp3) is 0.250. The Morgan fingerprint density at radius 1 is 1.05 bits per heavy atom. The molecule has 1 aliphatic heterocycles. The molecular weight excluding hydrogens is 252 g/mol. The van der Waals surface area contributed by atoms with Gasteiger partial charge in [-0.1, -0.05) is 18.2 Å². The van der Waals surface area contributed by atoms with Crippen LogP contribution in [0.25, 0.3) is 11.3 Å². The molecule has 20 heavy (non-hydrogen) atoms. The molecule has 2 heterocycles. The quantitative estimate of drug-likeness (QED) is 0.838. The van der Waals surface area contributed by atoms with E-state index in [-0.39, 0.29) is 5.91 Å². The van der Waals surface area contributed by atoms with E-state index in [1.807, 2.05) is 47.4 Å². The summed E-state index contributed by atoms with van der Waals surface area (Å²) in [6.45, 7) is 2.58. The van der Waals surface area contributed by atoms with Crippen LogP contribution in [0, 0.1) is 0 Å². The zero-order valence-electron chi connectivity index (χ0n) is 11.2. The van der Waals surface area contributed by atoms with Crippen molar-refractivity contribution in [1.29, 1.82) is 0 Å². The first-order valence-corrected chi connectivity index (χ1v) is 6.73. The highest BCUT2D eigenvalue weighted by atomic mass is 16.5. The second kappa shape index (κ2) is 5.84. The largest absolute Gasteiger partial charge is 0.378 e. The predicted octanol–water partition coefficient (Wildman–Crippen LogP) is 2.22. The lowest BCUT2D eigenvalue weighted by Crippen LogP contribution is -2.40. The topological polar surface area (TPSA) is 42.4 Å². The van der Waals surface area contributed by atoms with Crippen LogP contribution in [0.2, 0.25) is 0 Å². The molecule has 1 fully saturated rings. The monoisotopic (exact) mass is 268 g/mol. The Morgan fingerprint density at radius 3 is 2.45 bits per heavy atom. The maximum atomic E-state index is 12.3. The summed E-state index contributed by atoms with van der Waals surface area (Å²) < 4.78 is 5.26. The molecule has 4 heteroatoms. The lowest BCUT2D eigenvalue weighted by Gasteiger charge is -2.26. The zero-order valence-corrected chi connectivity index (χ0v) is 11.2. The molecule has 2 aromatic rings. The number of hydrogen-bond donors (Lipinski definition) is 0. The van der Waals surface area contributed by atoms with Gasteiger partial charge in [-0.25, -0.2) is 0 Å². The number of pyridine rings is 1. The molecule has 3 rings (SSSR count). The second-order valence-corrected chi connectivity index (χ2v) is 4.70. The summed E-state index contributed by atoms with van der Waals surface area (Å²) in [4.78, 5) is 18.4. The van der Waals surface area contributed by atoms with Gasteiger partial charge in [-0.2, -0.15) is 0 Å². The van der Waals surface area contributed by atoms with Gasteiger partial charge in [0.15, 0.2) is 0 Å². The molecule has 4 nitrogen and oxygen atoms in total. The van der Waals surface area contributed by atoms with E-state index in [0.717, 1.165) is 11.3 Å². The molecule has 0 atom stereocenters. The van der Waals surface area contributed by atoms with E-state index in [9.17, 15) is 4.79 Å². The van der Waals surface area contributed by atoms with Gasteiger partial charge < -0.3 is 9.64 Å². The summed E-state index contributed by atoms with van der Waals surface area (Å²) in [7, 11) is 0. The molecule has 1 amide bonds. The molecule has 102 valence electrons. The van der Waals surface area contributed by atoms with E-state index >= 15 is 0 Å². The third kappa shape index (κ3) is 2.70. The standard InChI is InChI=1S/C16H16N2O2/c19-16(18-9-11-20-12-10-18)14-6-4-13(5-7-14)15-3-1-2-8-17-15/h1-8H,9-12H2. The van der Waals surface area contributed by atoms with Crippen molar-refractivity contribution in [3.8, 4) is 11.3 Å². The van der Waals surface area contributed by atoms with Gasteiger partial charge in [0, 0.05) is 30.4 Å². The van der Waals surface area contributed by atoms with Crippen LogP contribution in [-0.2, 0) is 4.74 Å². The fourth-order valence-electron chi connectivity index (χ4n) is 2.27. The van der Waals surface area contributed by atoms with Crippen LogP contribution < -0.4 is 0 Å². The summed E-state index contributed by atoms with van der Waals surface area (Å²) in [5.74, 6) is 0.0703. The number of aromatic nitrogens is 1. The highest BCUT2D eigenvalue weighted by molar-refractivity contribution is 5.94. The number of carbonyl (C=O) groups excluding carboxylic acids is 1. The SMILES string of the molecule is O=C(c1ccc(-c2ccccn2)cc1)N1CCOCC1. The van der Waals surface area contributed by atoms with E-state index in [0.29, 0.717) is 31.9 Å². The maximum Gasteiger partial charge on any atom is 0.254 e. The molecular formula is C16H16N2O2. The van der Waals surface area contributed by atoms with Crippen molar-refractivity contribution in [3.05, 3.63) is 54.2 Å². The van der Waals surface area contributed by atoms with Gasteiger partial charge in [-0.15, -0.1) is 0 Å². The predicted molar refractivity (Wildman–Crippen MR) is 76.4 cm³/mol. The van der Waals surface area contributed by atoms with E-state index < -0.39 is 0 Å². The Hall–Kier alpha value is -2.20. The molecule has 0 spiro atoms. The van der Waals surface area contributed by atoms with Gasteiger partial charge in [0.1, 0.15) is 0 Å². The van der Waals surface area contributed by atoms with Gasteiger partial charge in [0.25, 0.3) is 5.91 Å². The summed E-state index contributed by atoms with van der Waals surface area (Å²) in [6.07, 6.45) is 1.77. The molecule has 0 radical (unpaired) electrons. The lowest BCUT2D eigenvalue weighted by atomic mass is 10.1. The first kappa shape index (κ1) is 12.8. The maximum absolute atomic E-state index is 12.3. The molecule has 1 aromatic carbocycles. The Balaban J connectivity index is 1.77. The first-order valence-electron chi connectivity index (χ1n) is 6.73. The molecule has 1 saturated heterocycles. The van der Waals surface area contributed by atoms with Crippen LogP contribution in [0.4, 0.5) is 0 Å². The minimum atomic E-state index is 0.0703. The number of carbonyl (C=O) groups is 1. The number of nitrogens with zero attached hydrogens (tertiary/aromatic N) is 2. The van der Waals surface area contributed by atoms with Gasteiger partial charge in [-0.3, -0.25) is 9.78 Å². The normalized spacial score (nSPS) is 15.1. The van der Waals surface area contributed by atoms with Gasteiger partial charge in [0.2, 0.25) is 0 Å². The summed E-state index contributed by atoms with van der Waals surface area (Å²) in [6, 6.07) is 13.4. The van der Waals surface area contributed by atoms with Crippen LogP contribution in [0.1, 0.15) is 10.4 Å². The first-order chi connectivity index (χ1) is 9.84. The van der Waals surface area contributed by atoms with Crippen molar-refractivity contribution in [2.24, 2.45) is 0 Å². The summed E-state index contributed by atoms with van der Waals surface area (Å²) >= 11 is 0. The average Bonchev–Trinajstić information content (AvgIpc) is 2.56. The van der Waals surface area contributed by atoms with Crippen LogP contribution in [-0.4, -0.2) is 42.1 Å². The Kier molecular flexibility index (Phi) is 3.74. The van der Waals surface area contributed by atoms with E-state index in [4.69, 9.17) is 4.74 Å². The van der Waals surface area contributed by atoms with Crippen LogP contribution in [0.3, 0.4) is 0 Å². The number of amides is 1. The summed E-state index contributed by atoms with van der Waals surface area (Å²) in [5, 5.41) is 0. The molecule has 0 saturated carbocycles. The second-order valence-electron chi connectivity index (χ2n) is 4.70. The Bertz CT molecular complexity index is 575. The van der Waals surface area contributed by atoms with Gasteiger partial charge in [0.05, 0.1) is 18.9 Å². The highest BCUT2D eigenvalue weighted by Gasteiger charge is 2.18. The number of benzene rings is 1. The number of morpholine rings is 1. The summed E-state index contributed by atoms with van der Waals surface area (Å²) in [5.41, 5.74) is 2.65. The average molecular weight is 268 g/mol. The molecule has 0 unspecified atom stereocenters. The molecule has 1 aromatic heterocycles. The molecule has 0 aliphatic carbocycles. The van der Waals surface area contributed by atoms with Crippen molar-refractivity contribution in [1.82, 2.24) is 9.88 Å². The highest BCUT2D eigenvalue weighted by Crippen LogP contribution is 2.17.